The predicted octanol–water partition coefficient (Wildman–Crippen LogP) is 2.34. The second-order valence-electron chi connectivity index (χ2n) is 5.12. The largest absolute Gasteiger partial charge is 0.342 e. The molecular weight excluding hydrogens is 306 g/mol. The summed E-state index contributed by atoms with van der Waals surface area (Å²) < 4.78 is 0.879. The van der Waals surface area contributed by atoms with E-state index in [1.165, 1.54) is 23.1 Å². The minimum absolute atomic E-state index is 0.0448. The lowest BCUT2D eigenvalue weighted by molar-refractivity contribution is -0.138. The quantitative estimate of drug-likeness (QED) is 0.779. The Morgan fingerprint density at radius 1 is 1.52 bits per heavy atom. The van der Waals surface area contributed by atoms with Crippen LogP contribution in [0.25, 0.3) is 0 Å². The third-order valence-electron chi connectivity index (χ3n) is 3.68. The zero-order chi connectivity index (χ0) is 15.4. The van der Waals surface area contributed by atoms with Gasteiger partial charge in [0.05, 0.1) is 0 Å². The Balaban J connectivity index is 2.17. The second kappa shape index (κ2) is 7.26. The summed E-state index contributed by atoms with van der Waals surface area (Å²) in [5.74, 6) is -0.0718. The van der Waals surface area contributed by atoms with Crippen LogP contribution in [0.1, 0.15) is 36.7 Å². The molecule has 7 heteroatoms. The Morgan fingerprint density at radius 3 is 2.90 bits per heavy atom. The van der Waals surface area contributed by atoms with Crippen molar-refractivity contribution < 1.29 is 9.59 Å². The summed E-state index contributed by atoms with van der Waals surface area (Å²) in [5, 5.41) is 1.79. The van der Waals surface area contributed by atoms with Crippen molar-refractivity contribution in [1.29, 1.82) is 0 Å². The van der Waals surface area contributed by atoms with Crippen LogP contribution in [0.3, 0.4) is 0 Å². The van der Waals surface area contributed by atoms with E-state index in [1.807, 2.05) is 6.26 Å². The van der Waals surface area contributed by atoms with Crippen molar-refractivity contribution in [2.24, 2.45) is 0 Å². The van der Waals surface area contributed by atoms with Gasteiger partial charge >= 0.3 is 0 Å². The van der Waals surface area contributed by atoms with Crippen molar-refractivity contribution in [3.63, 3.8) is 0 Å². The van der Waals surface area contributed by atoms with E-state index in [-0.39, 0.29) is 17.9 Å². The van der Waals surface area contributed by atoms with Gasteiger partial charge < -0.3 is 9.80 Å². The molecule has 0 aliphatic carbocycles. The van der Waals surface area contributed by atoms with Gasteiger partial charge in [0.25, 0.3) is 5.91 Å². The van der Waals surface area contributed by atoms with Gasteiger partial charge in [-0.3, -0.25) is 9.59 Å². The van der Waals surface area contributed by atoms with Gasteiger partial charge in [0.1, 0.15) is 16.1 Å². The summed E-state index contributed by atoms with van der Waals surface area (Å²) in [6, 6.07) is -0.337. The van der Waals surface area contributed by atoms with Crippen molar-refractivity contribution in [3.8, 4) is 0 Å². The zero-order valence-electron chi connectivity index (χ0n) is 12.7. The molecule has 116 valence electrons. The Bertz CT molecular complexity index is 518. The first kappa shape index (κ1) is 16.3. The highest BCUT2D eigenvalue weighted by atomic mass is 32.2. The number of unbranched alkanes of at least 4 members (excludes halogenated alkanes) is 1. The van der Waals surface area contributed by atoms with Crippen LogP contribution in [0.2, 0.25) is 0 Å². The molecule has 0 spiro atoms. The lowest BCUT2D eigenvalue weighted by atomic mass is 10.0. The first-order valence-electron chi connectivity index (χ1n) is 7.14. The van der Waals surface area contributed by atoms with Gasteiger partial charge in [-0.25, -0.2) is 4.98 Å². The molecule has 0 N–H and O–H groups in total. The fraction of sp³-hybridized carbons (Fsp3) is 0.643. The van der Waals surface area contributed by atoms with Gasteiger partial charge in [0.15, 0.2) is 0 Å². The Hall–Kier alpha value is -1.08. The number of amides is 2. The summed E-state index contributed by atoms with van der Waals surface area (Å²) in [6.07, 6.45) is 4.63. The van der Waals surface area contributed by atoms with Crippen LogP contribution >= 0.6 is 23.1 Å². The van der Waals surface area contributed by atoms with Crippen molar-refractivity contribution in [3.05, 3.63) is 11.1 Å². The molecule has 1 aliphatic rings. The van der Waals surface area contributed by atoms with Crippen molar-refractivity contribution in [1.82, 2.24) is 14.8 Å². The molecule has 0 aromatic carbocycles. The maximum atomic E-state index is 12.6. The van der Waals surface area contributed by atoms with Gasteiger partial charge in [0.2, 0.25) is 5.91 Å². The molecule has 1 aliphatic heterocycles. The first-order chi connectivity index (χ1) is 10.1. The topological polar surface area (TPSA) is 53.5 Å². The number of carbonyl (C=O) groups is 2. The van der Waals surface area contributed by atoms with E-state index in [9.17, 15) is 9.59 Å². The molecule has 1 atom stereocenters. The molecule has 2 amide bonds. The molecular formula is C14H21N3O2S2. The Morgan fingerprint density at radius 2 is 2.29 bits per heavy atom. The molecule has 0 bridgehead atoms. The number of likely N-dealkylation sites (N-methyl/N-ethyl adjacent to an activating group) is 1. The molecule has 21 heavy (non-hydrogen) atoms. The highest BCUT2D eigenvalue weighted by molar-refractivity contribution is 8.00. The third-order valence-corrected chi connectivity index (χ3v) is 5.55. The van der Waals surface area contributed by atoms with Crippen molar-refractivity contribution in [2.45, 2.75) is 36.6 Å². The molecule has 0 saturated carbocycles. The number of rotatable bonds is 5. The third kappa shape index (κ3) is 3.58. The highest BCUT2D eigenvalue weighted by Crippen LogP contribution is 2.23. The molecule has 0 radical (unpaired) electrons. The highest BCUT2D eigenvalue weighted by Gasteiger charge is 2.36. The molecule has 1 aromatic heterocycles. The smallest absolute Gasteiger partial charge is 0.274 e. The number of nitrogens with zero attached hydrogens (tertiary/aromatic N) is 3. The summed E-state index contributed by atoms with van der Waals surface area (Å²) in [7, 11) is 1.80. The van der Waals surface area contributed by atoms with Crippen LogP contribution in [0.15, 0.2) is 9.72 Å². The average Bonchev–Trinajstić information content (AvgIpc) is 2.97. The molecule has 1 saturated heterocycles. The van der Waals surface area contributed by atoms with Gasteiger partial charge in [-0.2, -0.15) is 0 Å². The molecule has 1 aromatic rings. The van der Waals surface area contributed by atoms with E-state index in [4.69, 9.17) is 0 Å². The fourth-order valence-corrected chi connectivity index (χ4v) is 3.66. The number of carbonyl (C=O) groups excluding carboxylic acids is 2. The SMILES string of the molecule is CCCC[C@H]1C(=O)N(C)CCN1C(=O)c1csc(SC)n1. The first-order valence-corrected chi connectivity index (χ1v) is 9.24. The van der Waals surface area contributed by atoms with Crippen molar-refractivity contribution in [2.75, 3.05) is 26.4 Å². The van der Waals surface area contributed by atoms with E-state index in [1.54, 1.807) is 22.2 Å². The van der Waals surface area contributed by atoms with Crippen LogP contribution in [-0.4, -0.2) is 59.0 Å². The van der Waals surface area contributed by atoms with E-state index < -0.39 is 0 Å². The molecule has 1 fully saturated rings. The van der Waals surface area contributed by atoms with Gasteiger partial charge in [-0.15, -0.1) is 11.3 Å². The van der Waals surface area contributed by atoms with E-state index in [0.717, 1.165) is 23.6 Å². The molecule has 5 nitrogen and oxygen atoms in total. The van der Waals surface area contributed by atoms with E-state index in [2.05, 4.69) is 11.9 Å². The maximum Gasteiger partial charge on any atom is 0.274 e. The fourth-order valence-electron chi connectivity index (χ4n) is 2.43. The Kier molecular flexibility index (Phi) is 5.64. The lowest BCUT2D eigenvalue weighted by Gasteiger charge is -2.38. The molecule has 2 heterocycles. The van der Waals surface area contributed by atoms with Crippen LogP contribution in [0.4, 0.5) is 0 Å². The number of thiazole rings is 1. The lowest BCUT2D eigenvalue weighted by Crippen LogP contribution is -2.57. The van der Waals surface area contributed by atoms with E-state index >= 15 is 0 Å². The minimum Gasteiger partial charge on any atom is -0.342 e. The molecule has 2 rings (SSSR count). The van der Waals surface area contributed by atoms with Crippen LogP contribution < -0.4 is 0 Å². The minimum atomic E-state index is -0.337. The second-order valence-corrected chi connectivity index (χ2v) is 7.03. The predicted molar refractivity (Wildman–Crippen MR) is 85.9 cm³/mol. The van der Waals surface area contributed by atoms with Crippen LogP contribution in [0.5, 0.6) is 0 Å². The number of piperazine rings is 1. The average molecular weight is 327 g/mol. The summed E-state index contributed by atoms with van der Waals surface area (Å²) in [4.78, 5) is 32.7. The zero-order valence-corrected chi connectivity index (χ0v) is 14.3. The van der Waals surface area contributed by atoms with Crippen LogP contribution in [-0.2, 0) is 4.79 Å². The molecule has 0 unspecified atom stereocenters. The number of hydrogen-bond donors (Lipinski definition) is 0. The van der Waals surface area contributed by atoms with Crippen LogP contribution in [0, 0.1) is 0 Å². The standard InChI is InChI=1S/C14H21N3O2S2/c1-4-5-6-11-13(19)16(2)7-8-17(11)12(18)10-9-21-14(15-10)20-3/h9,11H,4-8H2,1-3H3/t11-/m0/s1. The van der Waals surface area contributed by atoms with E-state index in [0.29, 0.717) is 18.8 Å². The van der Waals surface area contributed by atoms with Crippen molar-refractivity contribution >= 4 is 34.9 Å². The number of aromatic nitrogens is 1. The van der Waals surface area contributed by atoms with Gasteiger partial charge in [0, 0.05) is 25.5 Å². The monoisotopic (exact) mass is 327 g/mol. The normalized spacial score (nSPS) is 19.2. The number of thioether (sulfide) groups is 1. The Labute approximate surface area is 133 Å². The maximum absolute atomic E-state index is 12.6. The summed E-state index contributed by atoms with van der Waals surface area (Å²) in [5.41, 5.74) is 0.461. The summed E-state index contributed by atoms with van der Waals surface area (Å²) in [6.45, 7) is 3.27. The number of hydrogen-bond acceptors (Lipinski definition) is 5. The van der Waals surface area contributed by atoms with Gasteiger partial charge in [-0.1, -0.05) is 31.5 Å². The summed E-state index contributed by atoms with van der Waals surface area (Å²) >= 11 is 3.00. The van der Waals surface area contributed by atoms with Gasteiger partial charge in [-0.05, 0) is 12.7 Å².